The smallest absolute Gasteiger partial charge is 0.265 e. The Kier molecular flexibility index (Phi) is 4.11. The lowest BCUT2D eigenvalue weighted by Crippen LogP contribution is -2.53. The fraction of sp³-hybridized carbons (Fsp3) is 0.579. The van der Waals surface area contributed by atoms with Crippen LogP contribution in [0.3, 0.4) is 0 Å². The molecule has 1 aliphatic heterocycles. The van der Waals surface area contributed by atoms with Gasteiger partial charge in [-0.1, -0.05) is 6.42 Å². The molecule has 0 N–H and O–H groups in total. The second-order valence-corrected chi connectivity index (χ2v) is 8.39. The molecule has 0 spiro atoms. The van der Waals surface area contributed by atoms with Crippen LogP contribution in [0.25, 0.3) is 10.2 Å². The molecule has 1 aliphatic carbocycles. The zero-order chi connectivity index (χ0) is 18.5. The summed E-state index contributed by atoms with van der Waals surface area (Å²) in [5.41, 5.74) is -0.0217. The second kappa shape index (κ2) is 6.20. The van der Waals surface area contributed by atoms with Gasteiger partial charge in [0.15, 0.2) is 0 Å². The Morgan fingerprint density at radius 2 is 2.08 bits per heavy atom. The molecule has 0 bridgehead atoms. The molecular formula is C19H22N4O2S. The molecule has 2 aromatic heterocycles. The SMILES string of the molecule is Cc1c(C(=O)N(C)C2(C#N)CCC2)sc2nc3n(c(=O)c12)CCCCC3. The van der Waals surface area contributed by atoms with Gasteiger partial charge in [0.25, 0.3) is 11.5 Å². The summed E-state index contributed by atoms with van der Waals surface area (Å²) in [5, 5.41) is 10.1. The first-order valence-electron chi connectivity index (χ1n) is 9.21. The van der Waals surface area contributed by atoms with E-state index in [2.05, 4.69) is 6.07 Å². The monoisotopic (exact) mass is 370 g/mol. The van der Waals surface area contributed by atoms with E-state index < -0.39 is 5.54 Å². The van der Waals surface area contributed by atoms with E-state index in [1.165, 1.54) is 11.3 Å². The predicted molar refractivity (Wildman–Crippen MR) is 100 cm³/mol. The van der Waals surface area contributed by atoms with E-state index in [9.17, 15) is 14.9 Å². The molecule has 1 amide bonds. The molecule has 0 aromatic carbocycles. The molecular weight excluding hydrogens is 348 g/mol. The van der Waals surface area contributed by atoms with Crippen molar-refractivity contribution in [1.82, 2.24) is 14.5 Å². The molecule has 2 aromatic rings. The Bertz CT molecular complexity index is 994. The first kappa shape index (κ1) is 17.2. The van der Waals surface area contributed by atoms with Crippen molar-refractivity contribution in [3.05, 3.63) is 26.6 Å². The van der Waals surface area contributed by atoms with Crippen molar-refractivity contribution in [2.45, 2.75) is 64.0 Å². The van der Waals surface area contributed by atoms with Gasteiger partial charge in [-0.2, -0.15) is 5.26 Å². The van der Waals surface area contributed by atoms with Gasteiger partial charge in [0, 0.05) is 20.0 Å². The van der Waals surface area contributed by atoms with Crippen LogP contribution in [-0.2, 0) is 13.0 Å². The normalized spacial score (nSPS) is 18.5. The number of carbonyl (C=O) groups excluding carboxylic acids is 1. The molecule has 6 nitrogen and oxygen atoms in total. The largest absolute Gasteiger partial charge is 0.322 e. The first-order valence-corrected chi connectivity index (χ1v) is 10.0. The van der Waals surface area contributed by atoms with E-state index in [4.69, 9.17) is 4.98 Å². The highest BCUT2D eigenvalue weighted by Gasteiger charge is 2.44. The summed E-state index contributed by atoms with van der Waals surface area (Å²) in [5.74, 6) is 0.660. The van der Waals surface area contributed by atoms with Gasteiger partial charge in [0.05, 0.1) is 16.3 Å². The van der Waals surface area contributed by atoms with Crippen molar-refractivity contribution < 1.29 is 4.79 Å². The number of fused-ring (bicyclic) bond motifs is 2. The van der Waals surface area contributed by atoms with Crippen molar-refractivity contribution in [2.24, 2.45) is 0 Å². The van der Waals surface area contributed by atoms with Crippen LogP contribution in [0.2, 0.25) is 0 Å². The summed E-state index contributed by atoms with van der Waals surface area (Å²) < 4.78 is 1.79. The summed E-state index contributed by atoms with van der Waals surface area (Å²) in [6, 6.07) is 2.31. The van der Waals surface area contributed by atoms with Crippen LogP contribution in [0.5, 0.6) is 0 Å². The lowest BCUT2D eigenvalue weighted by atomic mass is 9.76. The Balaban J connectivity index is 1.81. The lowest BCUT2D eigenvalue weighted by Gasteiger charge is -2.42. The van der Waals surface area contributed by atoms with Gasteiger partial charge < -0.3 is 4.90 Å². The summed E-state index contributed by atoms with van der Waals surface area (Å²) in [6.45, 7) is 2.53. The van der Waals surface area contributed by atoms with E-state index in [1.807, 2.05) is 6.92 Å². The second-order valence-electron chi connectivity index (χ2n) is 7.39. The minimum absolute atomic E-state index is 0.0269. The third-order valence-corrected chi connectivity index (χ3v) is 7.11. The molecule has 4 rings (SSSR count). The third kappa shape index (κ3) is 2.39. The summed E-state index contributed by atoms with van der Waals surface area (Å²) in [4.78, 5) is 33.6. The number of aromatic nitrogens is 2. The van der Waals surface area contributed by atoms with Gasteiger partial charge in [-0.3, -0.25) is 14.2 Å². The minimum atomic E-state index is -0.695. The molecule has 2 aliphatic rings. The number of hydrogen-bond donors (Lipinski definition) is 0. The summed E-state index contributed by atoms with van der Waals surface area (Å²) in [7, 11) is 1.70. The molecule has 26 heavy (non-hydrogen) atoms. The van der Waals surface area contributed by atoms with E-state index in [0.717, 1.165) is 37.9 Å². The molecule has 0 radical (unpaired) electrons. The summed E-state index contributed by atoms with van der Waals surface area (Å²) in [6.07, 6.45) is 6.34. The zero-order valence-corrected chi connectivity index (χ0v) is 16.0. The van der Waals surface area contributed by atoms with Crippen LogP contribution >= 0.6 is 11.3 Å². The van der Waals surface area contributed by atoms with Gasteiger partial charge in [-0.25, -0.2) is 4.98 Å². The summed E-state index contributed by atoms with van der Waals surface area (Å²) >= 11 is 1.29. The Morgan fingerprint density at radius 3 is 2.73 bits per heavy atom. The first-order chi connectivity index (χ1) is 12.5. The zero-order valence-electron chi connectivity index (χ0n) is 15.2. The number of aryl methyl sites for hydroxylation is 2. The van der Waals surface area contributed by atoms with Crippen molar-refractivity contribution in [1.29, 1.82) is 5.26 Å². The van der Waals surface area contributed by atoms with Crippen LogP contribution in [0.1, 0.15) is 59.6 Å². The molecule has 0 atom stereocenters. The average Bonchev–Trinajstić information content (AvgIpc) is 2.77. The van der Waals surface area contributed by atoms with E-state index >= 15 is 0 Å². The van der Waals surface area contributed by atoms with Gasteiger partial charge in [0.1, 0.15) is 16.2 Å². The molecule has 136 valence electrons. The molecule has 1 fully saturated rings. The van der Waals surface area contributed by atoms with Crippen molar-refractivity contribution in [3.8, 4) is 6.07 Å². The molecule has 0 unspecified atom stereocenters. The highest BCUT2D eigenvalue weighted by atomic mass is 32.1. The molecule has 1 saturated carbocycles. The number of nitrogens with zero attached hydrogens (tertiary/aromatic N) is 4. The molecule has 0 saturated heterocycles. The third-order valence-electron chi connectivity index (χ3n) is 5.94. The van der Waals surface area contributed by atoms with Crippen LogP contribution in [-0.4, -0.2) is 32.9 Å². The number of hydrogen-bond acceptors (Lipinski definition) is 5. The number of thiophene rings is 1. The quantitative estimate of drug-likeness (QED) is 0.814. The number of rotatable bonds is 2. The Morgan fingerprint density at radius 1 is 1.31 bits per heavy atom. The average molecular weight is 370 g/mol. The maximum atomic E-state index is 13.1. The predicted octanol–water partition coefficient (Wildman–Crippen LogP) is 3.01. The molecule has 7 heteroatoms. The van der Waals surface area contributed by atoms with E-state index in [0.29, 0.717) is 40.0 Å². The van der Waals surface area contributed by atoms with Gasteiger partial charge >= 0.3 is 0 Å². The fourth-order valence-corrected chi connectivity index (χ4v) is 5.16. The van der Waals surface area contributed by atoms with Crippen LogP contribution in [0.4, 0.5) is 0 Å². The number of carbonyl (C=O) groups is 1. The van der Waals surface area contributed by atoms with Crippen LogP contribution in [0, 0.1) is 18.3 Å². The van der Waals surface area contributed by atoms with Crippen molar-refractivity contribution in [2.75, 3.05) is 7.05 Å². The van der Waals surface area contributed by atoms with Crippen molar-refractivity contribution >= 4 is 27.5 Å². The maximum absolute atomic E-state index is 13.1. The Hall–Kier alpha value is -2.20. The number of nitriles is 1. The van der Waals surface area contributed by atoms with Gasteiger partial charge in [-0.05, 0) is 44.6 Å². The highest BCUT2D eigenvalue weighted by Crippen LogP contribution is 2.38. The lowest BCUT2D eigenvalue weighted by molar-refractivity contribution is 0.0502. The number of amides is 1. The topological polar surface area (TPSA) is 79.0 Å². The van der Waals surface area contributed by atoms with Gasteiger partial charge in [0.2, 0.25) is 0 Å². The molecule has 3 heterocycles. The van der Waals surface area contributed by atoms with Crippen LogP contribution < -0.4 is 5.56 Å². The van der Waals surface area contributed by atoms with Gasteiger partial charge in [-0.15, -0.1) is 11.3 Å². The highest BCUT2D eigenvalue weighted by molar-refractivity contribution is 7.20. The Labute approximate surface area is 156 Å². The van der Waals surface area contributed by atoms with E-state index in [-0.39, 0.29) is 11.5 Å². The standard InChI is InChI=1S/C19H22N4O2S/c1-12-14-16(21-13-7-4-3-5-10-23(13)17(14)24)26-15(12)18(25)22(2)19(11-20)8-6-9-19/h3-10H2,1-2H3. The maximum Gasteiger partial charge on any atom is 0.265 e. The fourth-order valence-electron chi connectivity index (χ4n) is 3.99. The van der Waals surface area contributed by atoms with Crippen LogP contribution in [0.15, 0.2) is 4.79 Å². The van der Waals surface area contributed by atoms with E-state index in [1.54, 1.807) is 16.5 Å². The minimum Gasteiger partial charge on any atom is -0.322 e. The van der Waals surface area contributed by atoms with Crippen molar-refractivity contribution in [3.63, 3.8) is 0 Å².